The van der Waals surface area contributed by atoms with Crippen molar-refractivity contribution in [3.63, 3.8) is 0 Å². The second-order valence-electron chi connectivity index (χ2n) is 5.26. The topological polar surface area (TPSA) is 63.7 Å². The third kappa shape index (κ3) is 3.65. The molecule has 1 saturated heterocycles. The van der Waals surface area contributed by atoms with Crippen LogP contribution in [-0.2, 0) is 14.9 Å². The van der Waals surface area contributed by atoms with Gasteiger partial charge in [-0.25, -0.2) is 0 Å². The van der Waals surface area contributed by atoms with Crippen LogP contribution in [0.25, 0.3) is 0 Å². The lowest BCUT2D eigenvalue weighted by molar-refractivity contribution is -0.117. The van der Waals surface area contributed by atoms with Crippen LogP contribution in [0.5, 0.6) is 5.75 Å². The number of rotatable bonds is 4. The summed E-state index contributed by atoms with van der Waals surface area (Å²) in [7, 11) is -3.97. The Morgan fingerprint density at radius 1 is 1.04 bits per heavy atom. The van der Waals surface area contributed by atoms with Crippen molar-refractivity contribution in [1.29, 1.82) is 0 Å². The molecule has 0 aromatic heterocycles. The predicted molar refractivity (Wildman–Crippen MR) is 97.7 cm³/mol. The van der Waals surface area contributed by atoms with Crippen LogP contribution in [0.2, 0.25) is 0 Å². The Morgan fingerprint density at radius 2 is 1.75 bits per heavy atom. The summed E-state index contributed by atoms with van der Waals surface area (Å²) in [5, 5.41) is 0. The number of anilines is 1. The summed E-state index contributed by atoms with van der Waals surface area (Å²) in [5.41, 5.74) is 0.742. The zero-order valence-corrected chi connectivity index (χ0v) is 16.4. The standard InChI is InChI=1S/C16H13Br2NO4S/c17-11-3-8-14(18)15(10-11)24(21,22)23-13-6-4-12(5-7-13)19-9-1-2-16(19)20/h3-8,10H,1-2,9H2. The molecule has 126 valence electrons. The van der Waals surface area contributed by atoms with Gasteiger partial charge in [0.2, 0.25) is 5.91 Å². The van der Waals surface area contributed by atoms with Crippen molar-refractivity contribution in [2.75, 3.05) is 11.4 Å². The molecule has 24 heavy (non-hydrogen) atoms. The molecule has 1 amide bonds. The summed E-state index contributed by atoms with van der Waals surface area (Å²) in [6.07, 6.45) is 1.38. The number of benzene rings is 2. The van der Waals surface area contributed by atoms with Gasteiger partial charge in [0.05, 0.1) is 0 Å². The molecule has 1 aliphatic heterocycles. The third-order valence-electron chi connectivity index (χ3n) is 3.59. The lowest BCUT2D eigenvalue weighted by atomic mass is 10.3. The number of halogens is 2. The maximum Gasteiger partial charge on any atom is 0.340 e. The summed E-state index contributed by atoms with van der Waals surface area (Å²) in [4.78, 5) is 13.5. The highest BCUT2D eigenvalue weighted by Gasteiger charge is 2.23. The van der Waals surface area contributed by atoms with Crippen LogP contribution in [0.1, 0.15) is 12.8 Å². The lowest BCUT2D eigenvalue weighted by Crippen LogP contribution is -2.23. The van der Waals surface area contributed by atoms with Crippen molar-refractivity contribution >= 4 is 53.6 Å². The van der Waals surface area contributed by atoms with Crippen LogP contribution in [0.15, 0.2) is 56.3 Å². The predicted octanol–water partition coefficient (Wildman–Crippen LogP) is 4.11. The Hall–Kier alpha value is -1.38. The van der Waals surface area contributed by atoms with Crippen LogP contribution in [-0.4, -0.2) is 20.9 Å². The minimum atomic E-state index is -3.97. The highest BCUT2D eigenvalue weighted by molar-refractivity contribution is 9.11. The van der Waals surface area contributed by atoms with E-state index in [4.69, 9.17) is 4.18 Å². The Balaban J connectivity index is 1.83. The first-order chi connectivity index (χ1) is 11.4. The van der Waals surface area contributed by atoms with Crippen LogP contribution >= 0.6 is 31.9 Å². The van der Waals surface area contributed by atoms with E-state index in [1.54, 1.807) is 41.3 Å². The average Bonchev–Trinajstić information content (AvgIpc) is 2.96. The molecule has 2 aromatic carbocycles. The number of amides is 1. The van der Waals surface area contributed by atoms with Crippen molar-refractivity contribution in [3.05, 3.63) is 51.4 Å². The molecule has 2 aromatic rings. The van der Waals surface area contributed by atoms with Crippen molar-refractivity contribution in [2.24, 2.45) is 0 Å². The van der Waals surface area contributed by atoms with Crippen molar-refractivity contribution in [1.82, 2.24) is 0 Å². The fourth-order valence-electron chi connectivity index (χ4n) is 2.44. The van der Waals surface area contributed by atoms with E-state index in [0.29, 0.717) is 21.9 Å². The second kappa shape index (κ2) is 6.85. The van der Waals surface area contributed by atoms with Crippen LogP contribution in [0.3, 0.4) is 0 Å². The minimum Gasteiger partial charge on any atom is -0.379 e. The Bertz CT molecular complexity index is 881. The fraction of sp³-hybridized carbons (Fsp3) is 0.188. The van der Waals surface area contributed by atoms with E-state index in [2.05, 4.69) is 31.9 Å². The molecule has 0 spiro atoms. The van der Waals surface area contributed by atoms with E-state index in [0.717, 1.165) is 12.1 Å². The number of hydrogen-bond donors (Lipinski definition) is 0. The molecule has 0 saturated carbocycles. The SMILES string of the molecule is O=C1CCCN1c1ccc(OS(=O)(=O)c2cc(Br)ccc2Br)cc1. The molecule has 1 heterocycles. The average molecular weight is 475 g/mol. The minimum absolute atomic E-state index is 0.0377. The van der Waals surface area contributed by atoms with Crippen LogP contribution in [0.4, 0.5) is 5.69 Å². The van der Waals surface area contributed by atoms with Gasteiger partial charge >= 0.3 is 10.1 Å². The number of carbonyl (C=O) groups is 1. The molecule has 0 radical (unpaired) electrons. The molecule has 0 atom stereocenters. The maximum atomic E-state index is 12.4. The first-order valence-electron chi connectivity index (χ1n) is 7.17. The van der Waals surface area contributed by atoms with Gasteiger partial charge in [-0.15, -0.1) is 0 Å². The van der Waals surface area contributed by atoms with Crippen LogP contribution < -0.4 is 9.08 Å². The molecule has 0 N–H and O–H groups in total. The molecular formula is C16H13Br2NO4S. The third-order valence-corrected chi connectivity index (χ3v) is 6.33. The highest BCUT2D eigenvalue weighted by atomic mass is 79.9. The van der Waals surface area contributed by atoms with Gasteiger partial charge in [0.15, 0.2) is 0 Å². The molecule has 1 aliphatic rings. The van der Waals surface area contributed by atoms with Crippen molar-refractivity contribution in [2.45, 2.75) is 17.7 Å². The van der Waals surface area contributed by atoms with Crippen molar-refractivity contribution < 1.29 is 17.4 Å². The van der Waals surface area contributed by atoms with Crippen LogP contribution in [0, 0.1) is 0 Å². The zero-order valence-electron chi connectivity index (χ0n) is 12.4. The van der Waals surface area contributed by atoms with E-state index in [9.17, 15) is 13.2 Å². The molecular weight excluding hydrogens is 462 g/mol. The summed E-state index contributed by atoms with van der Waals surface area (Å²) in [6.45, 7) is 0.683. The van der Waals surface area contributed by atoms with Gasteiger partial charge in [0.1, 0.15) is 10.6 Å². The Labute approximate surface area is 157 Å². The van der Waals surface area contributed by atoms with E-state index in [1.807, 2.05) is 0 Å². The maximum absolute atomic E-state index is 12.4. The first kappa shape index (κ1) is 17.4. The second-order valence-corrected chi connectivity index (χ2v) is 8.54. The first-order valence-corrected chi connectivity index (χ1v) is 10.2. The molecule has 0 aliphatic carbocycles. The van der Waals surface area contributed by atoms with Gasteiger partial charge in [-0.3, -0.25) is 4.79 Å². The van der Waals surface area contributed by atoms with E-state index < -0.39 is 10.1 Å². The van der Waals surface area contributed by atoms with Gasteiger partial charge in [0, 0.05) is 27.6 Å². The lowest BCUT2D eigenvalue weighted by Gasteiger charge is -2.16. The largest absolute Gasteiger partial charge is 0.379 e. The van der Waals surface area contributed by atoms with E-state index >= 15 is 0 Å². The quantitative estimate of drug-likeness (QED) is 0.625. The summed E-state index contributed by atoms with van der Waals surface area (Å²) < 4.78 is 31.1. The van der Waals surface area contributed by atoms with Gasteiger partial charge in [-0.1, -0.05) is 15.9 Å². The summed E-state index contributed by atoms with van der Waals surface area (Å²) in [6, 6.07) is 11.3. The van der Waals surface area contributed by atoms with Gasteiger partial charge < -0.3 is 9.08 Å². The molecule has 3 rings (SSSR count). The highest BCUT2D eigenvalue weighted by Crippen LogP contribution is 2.29. The zero-order chi connectivity index (χ0) is 17.3. The number of hydrogen-bond acceptors (Lipinski definition) is 4. The van der Waals surface area contributed by atoms with Crippen molar-refractivity contribution in [3.8, 4) is 5.75 Å². The molecule has 8 heteroatoms. The smallest absolute Gasteiger partial charge is 0.340 e. The summed E-state index contributed by atoms with van der Waals surface area (Å²) in [5.74, 6) is 0.270. The Kier molecular flexibility index (Phi) is 4.98. The Morgan fingerprint density at radius 3 is 2.38 bits per heavy atom. The number of carbonyl (C=O) groups excluding carboxylic acids is 1. The van der Waals surface area contributed by atoms with Gasteiger partial charge in [-0.2, -0.15) is 8.42 Å². The van der Waals surface area contributed by atoms with Gasteiger partial charge in [-0.05, 0) is 64.8 Å². The number of nitrogens with zero attached hydrogens (tertiary/aromatic N) is 1. The fourth-order valence-corrected chi connectivity index (χ4v) is 4.83. The monoisotopic (exact) mass is 473 g/mol. The van der Waals surface area contributed by atoms with E-state index in [1.165, 1.54) is 6.07 Å². The van der Waals surface area contributed by atoms with E-state index in [-0.39, 0.29) is 16.6 Å². The summed E-state index contributed by atoms with van der Waals surface area (Å²) >= 11 is 6.47. The molecule has 0 bridgehead atoms. The van der Waals surface area contributed by atoms with Gasteiger partial charge in [0.25, 0.3) is 0 Å². The molecule has 5 nitrogen and oxygen atoms in total. The normalized spacial score (nSPS) is 14.9. The molecule has 0 unspecified atom stereocenters. The molecule has 1 fully saturated rings.